The molecule has 234 valence electrons. The van der Waals surface area contributed by atoms with Gasteiger partial charge in [0.2, 0.25) is 0 Å². The van der Waals surface area contributed by atoms with E-state index in [0.717, 1.165) is 41.0 Å². The molecule has 0 saturated heterocycles. The fraction of sp³-hybridized carbons (Fsp3) is 0.0606. The number of hydrogen-bond acceptors (Lipinski definition) is 13. The summed E-state index contributed by atoms with van der Waals surface area (Å²) in [5.41, 5.74) is 4.99. The molecule has 0 atom stereocenters. The van der Waals surface area contributed by atoms with Crippen molar-refractivity contribution in [3.63, 3.8) is 0 Å². The summed E-state index contributed by atoms with van der Waals surface area (Å²) >= 11 is 5.75. The quantitative estimate of drug-likeness (QED) is 0.194. The highest BCUT2D eigenvalue weighted by Gasteiger charge is 2.22. The van der Waals surface area contributed by atoms with Gasteiger partial charge in [0.05, 0.1) is 33.8 Å². The molecule has 0 unspecified atom stereocenters. The minimum Gasteiger partial charge on any atom is -0.335 e. The molecule has 0 aliphatic carbocycles. The maximum atomic E-state index is 13.1. The van der Waals surface area contributed by atoms with Gasteiger partial charge in [-0.15, -0.1) is 45.3 Å². The maximum Gasteiger partial charge on any atom is 0.289 e. The zero-order valence-corrected chi connectivity index (χ0v) is 28.4. The van der Waals surface area contributed by atoms with E-state index in [2.05, 4.69) is 0 Å². The van der Waals surface area contributed by atoms with Crippen molar-refractivity contribution in [2.75, 3.05) is 11.7 Å². The van der Waals surface area contributed by atoms with Crippen LogP contribution in [0.1, 0.15) is 11.6 Å². The highest BCUT2D eigenvalue weighted by atomic mass is 32.1. The van der Waals surface area contributed by atoms with Crippen LogP contribution in [0, 0.1) is 13.8 Å². The van der Waals surface area contributed by atoms with Crippen LogP contribution in [0.3, 0.4) is 0 Å². The van der Waals surface area contributed by atoms with Crippen molar-refractivity contribution >= 4 is 86.2 Å². The Hall–Kier alpha value is -5.35. The summed E-state index contributed by atoms with van der Waals surface area (Å²) in [5, 5.41) is 5.66. The van der Waals surface area contributed by atoms with E-state index in [4.69, 9.17) is 36.6 Å². The highest BCUT2D eigenvalue weighted by molar-refractivity contribution is 7.26. The second-order valence-corrected chi connectivity index (χ2v) is 15.0. The van der Waals surface area contributed by atoms with Gasteiger partial charge in [0.15, 0.2) is 0 Å². The van der Waals surface area contributed by atoms with E-state index in [1.165, 1.54) is 22.7 Å². The highest BCUT2D eigenvalue weighted by Crippen LogP contribution is 2.42. The van der Waals surface area contributed by atoms with Crippen LogP contribution >= 0.6 is 45.3 Å². The summed E-state index contributed by atoms with van der Waals surface area (Å²) in [4.78, 5) is 54.1. The minimum absolute atomic E-state index is 0.306. The van der Waals surface area contributed by atoms with Crippen molar-refractivity contribution in [3.8, 4) is 43.7 Å². The van der Waals surface area contributed by atoms with Crippen LogP contribution in [0.2, 0.25) is 0 Å². The van der Waals surface area contributed by atoms with Gasteiger partial charge >= 0.3 is 0 Å². The first-order valence-electron chi connectivity index (χ1n) is 14.6. The number of aromatic nitrogens is 7. The van der Waals surface area contributed by atoms with Gasteiger partial charge in [0.1, 0.15) is 30.7 Å². The van der Waals surface area contributed by atoms with E-state index in [0.29, 0.717) is 64.5 Å². The Morgan fingerprint density at radius 3 is 1.46 bits per heavy atom. The first-order chi connectivity index (χ1) is 23.3. The van der Waals surface area contributed by atoms with E-state index in [1.807, 2.05) is 65.4 Å². The van der Waals surface area contributed by atoms with Crippen LogP contribution in [-0.2, 0) is 0 Å². The standard InChI is InChI=1S/C33H21N9O2S4/c1-14-36-26-24-16(22-8-4-10-45-22)12-20(39-30(24)47-28(26)32(43)41(14)34)18-6-3-7-19(38-18)21-13-17(23-9-5-11-46-23)25-27-29(48-31(25)40-21)33(44)42(35)15(2)37-27/h3-13H,34-35H2,1-2H3. The van der Waals surface area contributed by atoms with Gasteiger partial charge < -0.3 is 11.7 Å². The smallest absolute Gasteiger partial charge is 0.289 e. The second kappa shape index (κ2) is 10.6. The number of rotatable bonds is 4. The Bertz CT molecular complexity index is 2690. The molecule has 11 nitrogen and oxygen atoms in total. The van der Waals surface area contributed by atoms with Crippen molar-refractivity contribution in [2.24, 2.45) is 0 Å². The normalized spacial score (nSPS) is 11.9. The number of thiophene rings is 4. The molecule has 4 N–H and O–H groups in total. The molecule has 0 aliphatic rings. The molecule has 9 heterocycles. The molecule has 15 heteroatoms. The fourth-order valence-corrected chi connectivity index (χ4v) is 9.50. The molecule has 0 saturated carbocycles. The van der Waals surface area contributed by atoms with Gasteiger partial charge in [0.25, 0.3) is 11.1 Å². The lowest BCUT2D eigenvalue weighted by Gasteiger charge is -2.09. The number of nitrogens with two attached hydrogens (primary N) is 2. The summed E-state index contributed by atoms with van der Waals surface area (Å²) in [6.45, 7) is 3.43. The average Bonchev–Trinajstić information content (AvgIpc) is 3.92. The summed E-state index contributed by atoms with van der Waals surface area (Å²) in [5.74, 6) is 12.9. The third kappa shape index (κ3) is 4.25. The van der Waals surface area contributed by atoms with Crippen LogP contribution in [-0.4, -0.2) is 34.3 Å². The summed E-state index contributed by atoms with van der Waals surface area (Å²) in [6.07, 6.45) is 0. The Labute approximate surface area is 286 Å². The number of nitrogens with zero attached hydrogens (tertiary/aromatic N) is 7. The van der Waals surface area contributed by atoms with E-state index < -0.39 is 0 Å². The van der Waals surface area contributed by atoms with E-state index >= 15 is 0 Å². The van der Waals surface area contributed by atoms with Crippen molar-refractivity contribution in [3.05, 3.63) is 97.7 Å². The first kappa shape index (κ1) is 28.8. The van der Waals surface area contributed by atoms with E-state index in [9.17, 15) is 9.59 Å². The van der Waals surface area contributed by atoms with Crippen LogP contribution in [0.25, 0.3) is 84.5 Å². The topological polar surface area (TPSA) is 160 Å². The molecule has 0 spiro atoms. The molecule has 0 bridgehead atoms. The van der Waals surface area contributed by atoms with Crippen molar-refractivity contribution in [1.29, 1.82) is 0 Å². The Morgan fingerprint density at radius 1 is 0.583 bits per heavy atom. The number of hydrogen-bond donors (Lipinski definition) is 2. The molecule has 0 fully saturated rings. The SMILES string of the molecule is Cc1nc2c(sc3nc(-c4cccc(-c5cc(-c6cccs6)c6c(n5)sc5c(=O)n(N)c(C)nc56)n4)cc(-c4cccs4)c32)c(=O)n1N. The van der Waals surface area contributed by atoms with Gasteiger partial charge in [-0.2, -0.15) is 0 Å². The monoisotopic (exact) mass is 703 g/mol. The van der Waals surface area contributed by atoms with Gasteiger partial charge in [-0.3, -0.25) is 9.59 Å². The van der Waals surface area contributed by atoms with Gasteiger partial charge in [0, 0.05) is 31.7 Å². The Kier molecular flexibility index (Phi) is 6.36. The molecule has 0 amide bonds. The largest absolute Gasteiger partial charge is 0.335 e. The summed E-state index contributed by atoms with van der Waals surface area (Å²) < 4.78 is 3.05. The molecule has 9 rings (SSSR count). The first-order valence-corrected chi connectivity index (χ1v) is 18.0. The van der Waals surface area contributed by atoms with Crippen LogP contribution in [0.15, 0.2) is 74.9 Å². The lowest BCUT2D eigenvalue weighted by atomic mass is 10.1. The number of pyridine rings is 3. The van der Waals surface area contributed by atoms with E-state index in [-0.39, 0.29) is 11.1 Å². The van der Waals surface area contributed by atoms with Crippen molar-refractivity contribution in [1.82, 2.24) is 34.3 Å². The average molecular weight is 704 g/mol. The van der Waals surface area contributed by atoms with Gasteiger partial charge in [-0.05, 0) is 61.0 Å². The molecule has 0 aliphatic heterocycles. The number of nitrogen functional groups attached to an aromatic ring is 2. The molecule has 9 aromatic rings. The Morgan fingerprint density at radius 2 is 1.04 bits per heavy atom. The molecule has 48 heavy (non-hydrogen) atoms. The van der Waals surface area contributed by atoms with Gasteiger partial charge in [-0.25, -0.2) is 34.3 Å². The second-order valence-electron chi connectivity index (χ2n) is 11.1. The third-order valence-electron chi connectivity index (χ3n) is 8.19. The Balaban J connectivity index is 1.27. The van der Waals surface area contributed by atoms with E-state index in [1.54, 1.807) is 36.5 Å². The third-order valence-corrected chi connectivity index (χ3v) is 12.1. The lowest BCUT2D eigenvalue weighted by molar-refractivity contribution is 0.855. The molecular weight excluding hydrogens is 683 g/mol. The summed E-state index contributed by atoms with van der Waals surface area (Å²) in [7, 11) is 0. The van der Waals surface area contributed by atoms with Crippen molar-refractivity contribution < 1.29 is 0 Å². The molecule has 9 aromatic heterocycles. The van der Waals surface area contributed by atoms with Gasteiger partial charge in [-0.1, -0.05) is 18.2 Å². The van der Waals surface area contributed by atoms with Crippen LogP contribution < -0.4 is 22.8 Å². The number of aryl methyl sites for hydroxylation is 2. The molecule has 0 aromatic carbocycles. The molecule has 0 radical (unpaired) electrons. The minimum atomic E-state index is -0.306. The van der Waals surface area contributed by atoms with Crippen LogP contribution in [0.5, 0.6) is 0 Å². The summed E-state index contributed by atoms with van der Waals surface area (Å²) in [6, 6.07) is 17.8. The zero-order valence-electron chi connectivity index (χ0n) is 25.1. The number of fused-ring (bicyclic) bond motifs is 6. The maximum absolute atomic E-state index is 13.1. The predicted octanol–water partition coefficient (Wildman–Crippen LogP) is 6.56. The lowest BCUT2D eigenvalue weighted by Crippen LogP contribution is -2.29. The predicted molar refractivity (Wildman–Crippen MR) is 197 cm³/mol. The van der Waals surface area contributed by atoms with Crippen molar-refractivity contribution in [2.45, 2.75) is 13.8 Å². The fourth-order valence-electron chi connectivity index (χ4n) is 5.85. The van der Waals surface area contributed by atoms with Crippen LogP contribution in [0.4, 0.5) is 0 Å². The zero-order chi connectivity index (χ0) is 32.8. The molecular formula is C33H21N9O2S4.